The van der Waals surface area contributed by atoms with Crippen LogP contribution in [0.25, 0.3) is 0 Å². The smallest absolute Gasteiger partial charge is 0.348 e. The Kier molecular flexibility index (Phi) is 6.62. The zero-order valence-corrected chi connectivity index (χ0v) is 17.4. The van der Waals surface area contributed by atoms with E-state index in [4.69, 9.17) is 0 Å². The molecule has 0 saturated heterocycles. The van der Waals surface area contributed by atoms with Gasteiger partial charge in [0.15, 0.2) is 0 Å². The Morgan fingerprint density at radius 3 is 2.17 bits per heavy atom. The van der Waals surface area contributed by atoms with Crippen LogP contribution in [0.5, 0.6) is 0 Å². The van der Waals surface area contributed by atoms with E-state index in [0.29, 0.717) is 0 Å². The average Bonchev–Trinajstić information content (AvgIpc) is 2.58. The van der Waals surface area contributed by atoms with Gasteiger partial charge in [0.25, 0.3) is 0 Å². The number of rotatable bonds is 6. The van der Waals surface area contributed by atoms with Crippen LogP contribution >= 0.6 is 0 Å². The number of nitrogens with zero attached hydrogens (tertiary/aromatic N) is 1. The molecular formula is C20H23F3N2O3S. The fourth-order valence-corrected chi connectivity index (χ4v) is 3.88. The third kappa shape index (κ3) is 5.96. The number of aryl methyl sites for hydroxylation is 2. The second kappa shape index (κ2) is 8.44. The van der Waals surface area contributed by atoms with E-state index in [2.05, 4.69) is 5.32 Å². The molecule has 0 aliphatic carbocycles. The molecule has 2 aromatic rings. The van der Waals surface area contributed by atoms with E-state index in [1.54, 1.807) is 6.92 Å². The average molecular weight is 428 g/mol. The van der Waals surface area contributed by atoms with Crippen molar-refractivity contribution in [1.82, 2.24) is 5.32 Å². The normalized spacial score (nSPS) is 13.1. The minimum absolute atomic E-state index is 0.0187. The summed E-state index contributed by atoms with van der Waals surface area (Å²) in [5.74, 6) is -0.567. The number of benzene rings is 2. The van der Waals surface area contributed by atoms with Crippen LogP contribution in [-0.4, -0.2) is 27.1 Å². The lowest BCUT2D eigenvalue weighted by atomic mass is 10.0. The lowest BCUT2D eigenvalue weighted by Crippen LogP contribution is -2.41. The van der Waals surface area contributed by atoms with Gasteiger partial charge < -0.3 is 5.32 Å². The van der Waals surface area contributed by atoms with Gasteiger partial charge in [-0.1, -0.05) is 23.8 Å². The van der Waals surface area contributed by atoms with Gasteiger partial charge in [0.1, 0.15) is 6.54 Å². The van der Waals surface area contributed by atoms with E-state index in [9.17, 15) is 26.4 Å². The largest absolute Gasteiger partial charge is 0.416 e. The summed E-state index contributed by atoms with van der Waals surface area (Å²) in [4.78, 5) is 12.5. The van der Waals surface area contributed by atoms with Gasteiger partial charge in [0.05, 0.1) is 23.5 Å². The molecule has 0 fully saturated rings. The zero-order chi connectivity index (χ0) is 22.0. The van der Waals surface area contributed by atoms with Crippen LogP contribution in [0.3, 0.4) is 0 Å². The molecule has 0 heterocycles. The van der Waals surface area contributed by atoms with E-state index < -0.39 is 34.2 Å². The SMILES string of the molecule is Cc1ccc(C(C)NC(=O)CN(c2ccc(C(F)(F)F)cc2)S(C)(=O)=O)c(C)c1. The van der Waals surface area contributed by atoms with Crippen molar-refractivity contribution in [3.05, 3.63) is 64.7 Å². The first-order valence-corrected chi connectivity index (χ1v) is 10.7. The molecule has 1 unspecified atom stereocenters. The van der Waals surface area contributed by atoms with Gasteiger partial charge in [-0.15, -0.1) is 0 Å². The Morgan fingerprint density at radius 1 is 1.10 bits per heavy atom. The van der Waals surface area contributed by atoms with Crippen LogP contribution in [0.4, 0.5) is 18.9 Å². The van der Waals surface area contributed by atoms with Crippen LogP contribution < -0.4 is 9.62 Å². The number of sulfonamides is 1. The fourth-order valence-electron chi connectivity index (χ4n) is 3.02. The van der Waals surface area contributed by atoms with E-state index in [1.807, 2.05) is 32.0 Å². The number of carbonyl (C=O) groups is 1. The number of halogens is 3. The minimum Gasteiger partial charge on any atom is -0.348 e. The summed E-state index contributed by atoms with van der Waals surface area (Å²) in [6.07, 6.45) is -3.64. The van der Waals surface area contributed by atoms with E-state index in [-0.39, 0.29) is 11.7 Å². The molecule has 29 heavy (non-hydrogen) atoms. The molecule has 2 rings (SSSR count). The number of carbonyl (C=O) groups excluding carboxylic acids is 1. The van der Waals surface area contributed by atoms with Gasteiger partial charge in [-0.2, -0.15) is 13.2 Å². The Balaban J connectivity index is 2.19. The van der Waals surface area contributed by atoms with Gasteiger partial charge >= 0.3 is 6.18 Å². The highest BCUT2D eigenvalue weighted by atomic mass is 32.2. The highest BCUT2D eigenvalue weighted by Gasteiger charge is 2.31. The predicted octanol–water partition coefficient (Wildman–Crippen LogP) is 3.97. The minimum atomic E-state index is -4.53. The first-order valence-electron chi connectivity index (χ1n) is 8.80. The summed E-state index contributed by atoms with van der Waals surface area (Å²) in [5.41, 5.74) is 2.04. The summed E-state index contributed by atoms with van der Waals surface area (Å²) in [7, 11) is -3.88. The number of alkyl halides is 3. The molecule has 0 aliphatic rings. The number of anilines is 1. The monoisotopic (exact) mass is 428 g/mol. The van der Waals surface area contributed by atoms with Crippen LogP contribution in [0.1, 0.15) is 35.2 Å². The quantitative estimate of drug-likeness (QED) is 0.757. The summed E-state index contributed by atoms with van der Waals surface area (Å²) >= 11 is 0. The van der Waals surface area contributed by atoms with Crippen LogP contribution in [0.15, 0.2) is 42.5 Å². The maximum absolute atomic E-state index is 12.7. The number of amides is 1. The molecule has 0 spiro atoms. The Morgan fingerprint density at radius 2 is 1.69 bits per heavy atom. The van der Waals surface area contributed by atoms with Crippen molar-refractivity contribution in [2.24, 2.45) is 0 Å². The molecule has 9 heteroatoms. The molecule has 0 bridgehead atoms. The first-order chi connectivity index (χ1) is 13.3. The lowest BCUT2D eigenvalue weighted by Gasteiger charge is -2.24. The Labute approximate surface area is 168 Å². The topological polar surface area (TPSA) is 66.5 Å². The second-order valence-corrected chi connectivity index (χ2v) is 8.87. The van der Waals surface area contributed by atoms with E-state index in [0.717, 1.165) is 51.5 Å². The third-order valence-corrected chi connectivity index (χ3v) is 5.58. The molecule has 2 aromatic carbocycles. The van der Waals surface area contributed by atoms with Crippen LogP contribution in [0.2, 0.25) is 0 Å². The van der Waals surface area contributed by atoms with Crippen LogP contribution in [0, 0.1) is 13.8 Å². The molecule has 158 valence electrons. The molecule has 0 aliphatic heterocycles. The van der Waals surface area contributed by atoms with Crippen molar-refractivity contribution in [2.75, 3.05) is 17.1 Å². The highest BCUT2D eigenvalue weighted by molar-refractivity contribution is 7.92. The molecule has 1 amide bonds. The predicted molar refractivity (Wildman–Crippen MR) is 106 cm³/mol. The standard InChI is InChI=1S/C20H23F3N2O3S/c1-13-5-10-18(14(2)11-13)15(3)24-19(26)12-25(29(4,27)28)17-8-6-16(7-9-17)20(21,22)23/h5-11,15H,12H2,1-4H3,(H,24,26). The zero-order valence-electron chi connectivity index (χ0n) is 16.5. The van der Waals surface area contributed by atoms with Crippen molar-refractivity contribution in [3.8, 4) is 0 Å². The summed E-state index contributed by atoms with van der Waals surface area (Å²) in [5, 5.41) is 2.74. The maximum atomic E-state index is 12.7. The Bertz CT molecular complexity index is 987. The lowest BCUT2D eigenvalue weighted by molar-refractivity contribution is -0.137. The highest BCUT2D eigenvalue weighted by Crippen LogP contribution is 2.31. The molecule has 1 atom stereocenters. The molecule has 5 nitrogen and oxygen atoms in total. The summed E-state index contributed by atoms with van der Waals surface area (Å²) in [6.45, 7) is 5.10. The number of hydrogen-bond acceptors (Lipinski definition) is 3. The molecule has 0 aromatic heterocycles. The third-order valence-electron chi connectivity index (χ3n) is 4.44. The summed E-state index contributed by atoms with van der Waals surface area (Å²) in [6, 6.07) is 9.04. The molecule has 1 N–H and O–H groups in total. The molecule has 0 radical (unpaired) electrons. The van der Waals surface area contributed by atoms with Gasteiger partial charge in [0, 0.05) is 0 Å². The summed E-state index contributed by atoms with van der Waals surface area (Å²) < 4.78 is 63.2. The van der Waals surface area contributed by atoms with E-state index >= 15 is 0 Å². The van der Waals surface area contributed by atoms with Gasteiger partial charge in [0.2, 0.25) is 15.9 Å². The van der Waals surface area contributed by atoms with Crippen molar-refractivity contribution < 1.29 is 26.4 Å². The molecule has 0 saturated carbocycles. The number of nitrogens with one attached hydrogen (secondary N) is 1. The van der Waals surface area contributed by atoms with Crippen molar-refractivity contribution in [2.45, 2.75) is 33.0 Å². The Hall–Kier alpha value is -2.55. The fraction of sp³-hybridized carbons (Fsp3) is 0.350. The first kappa shape index (κ1) is 22.7. The van der Waals surface area contributed by atoms with Crippen molar-refractivity contribution in [3.63, 3.8) is 0 Å². The van der Waals surface area contributed by atoms with Crippen LogP contribution in [-0.2, 0) is 21.0 Å². The van der Waals surface area contributed by atoms with Gasteiger partial charge in [-0.3, -0.25) is 9.10 Å². The van der Waals surface area contributed by atoms with Crippen molar-refractivity contribution in [1.29, 1.82) is 0 Å². The van der Waals surface area contributed by atoms with Gasteiger partial charge in [-0.25, -0.2) is 8.42 Å². The second-order valence-electron chi connectivity index (χ2n) is 6.96. The number of hydrogen-bond donors (Lipinski definition) is 1. The van der Waals surface area contributed by atoms with Gasteiger partial charge in [-0.05, 0) is 56.2 Å². The maximum Gasteiger partial charge on any atom is 0.416 e. The molecular weight excluding hydrogens is 405 g/mol. The van der Waals surface area contributed by atoms with E-state index in [1.165, 1.54) is 0 Å². The van der Waals surface area contributed by atoms with Crippen molar-refractivity contribution >= 4 is 21.6 Å².